The van der Waals surface area contributed by atoms with Gasteiger partial charge in [0.05, 0.1) is 3.79 Å². The lowest BCUT2D eigenvalue weighted by atomic mass is 10.3. The maximum Gasteiger partial charge on any atom is 0.283 e. The first-order valence-corrected chi connectivity index (χ1v) is 7.29. The van der Waals surface area contributed by atoms with E-state index in [4.69, 9.17) is 12.2 Å². The minimum Gasteiger partial charge on any atom is -0.350 e. The van der Waals surface area contributed by atoms with Crippen LogP contribution in [0.4, 0.5) is 0 Å². The molecule has 0 saturated heterocycles. The summed E-state index contributed by atoms with van der Waals surface area (Å²) in [6.07, 6.45) is 0.697. The first-order valence-electron chi connectivity index (χ1n) is 5.27. The van der Waals surface area contributed by atoms with Crippen molar-refractivity contribution in [3.8, 4) is 0 Å². The lowest BCUT2D eigenvalue weighted by Gasteiger charge is -2.02. The summed E-state index contributed by atoms with van der Waals surface area (Å²) in [5.41, 5.74) is -0.818. The van der Waals surface area contributed by atoms with Gasteiger partial charge in [-0.25, -0.2) is 0 Å². The number of thiophene rings is 1. The third-order valence-electron chi connectivity index (χ3n) is 2.21. The molecule has 0 radical (unpaired) electrons. The van der Waals surface area contributed by atoms with Gasteiger partial charge in [-0.2, -0.15) is 5.10 Å². The van der Waals surface area contributed by atoms with Gasteiger partial charge in [-0.3, -0.25) is 19.7 Å². The molecule has 100 valence electrons. The van der Waals surface area contributed by atoms with Gasteiger partial charge in [0, 0.05) is 11.4 Å². The number of rotatable bonds is 4. The third kappa shape index (κ3) is 3.82. The summed E-state index contributed by atoms with van der Waals surface area (Å²) >= 11 is 9.66. The summed E-state index contributed by atoms with van der Waals surface area (Å²) in [4.78, 5) is 26.6. The first-order chi connectivity index (χ1) is 9.06. The van der Waals surface area contributed by atoms with Crippen molar-refractivity contribution in [2.75, 3.05) is 6.54 Å². The van der Waals surface area contributed by atoms with E-state index in [1.807, 2.05) is 12.1 Å². The molecule has 0 bridgehead atoms. The van der Waals surface area contributed by atoms with Crippen molar-refractivity contribution in [1.82, 2.24) is 20.5 Å². The molecule has 19 heavy (non-hydrogen) atoms. The van der Waals surface area contributed by atoms with Crippen LogP contribution >= 0.6 is 39.5 Å². The Morgan fingerprint density at radius 3 is 2.95 bits per heavy atom. The van der Waals surface area contributed by atoms with E-state index in [9.17, 15) is 9.59 Å². The second kappa shape index (κ2) is 6.22. The summed E-state index contributed by atoms with van der Waals surface area (Å²) in [6.45, 7) is 0.433. The molecule has 0 aliphatic rings. The largest absolute Gasteiger partial charge is 0.350 e. The van der Waals surface area contributed by atoms with Crippen molar-refractivity contribution in [2.24, 2.45) is 0 Å². The maximum absolute atomic E-state index is 11.7. The zero-order valence-electron chi connectivity index (χ0n) is 9.53. The predicted molar refractivity (Wildman–Crippen MR) is 78.1 cm³/mol. The average molecular weight is 361 g/mol. The van der Waals surface area contributed by atoms with Gasteiger partial charge in [0.25, 0.3) is 11.5 Å². The van der Waals surface area contributed by atoms with E-state index in [-0.39, 0.29) is 10.5 Å². The van der Waals surface area contributed by atoms with Crippen LogP contribution in [0.3, 0.4) is 0 Å². The van der Waals surface area contributed by atoms with Gasteiger partial charge >= 0.3 is 0 Å². The molecule has 9 heteroatoms. The van der Waals surface area contributed by atoms with E-state index < -0.39 is 11.5 Å². The number of hydrogen-bond acceptors (Lipinski definition) is 5. The molecule has 2 aromatic heterocycles. The van der Waals surface area contributed by atoms with Crippen molar-refractivity contribution in [3.05, 3.63) is 41.6 Å². The van der Waals surface area contributed by atoms with Gasteiger partial charge in [-0.1, -0.05) is 0 Å². The van der Waals surface area contributed by atoms with Crippen molar-refractivity contribution in [3.63, 3.8) is 0 Å². The monoisotopic (exact) mass is 360 g/mol. The molecule has 0 fully saturated rings. The molecule has 3 N–H and O–H groups in total. The Balaban J connectivity index is 1.94. The van der Waals surface area contributed by atoms with Gasteiger partial charge in [0.15, 0.2) is 4.77 Å². The predicted octanol–water partition coefficient (Wildman–Crippen LogP) is 1.62. The Kier molecular flexibility index (Phi) is 4.61. The minimum atomic E-state index is -0.597. The fraction of sp³-hybridized carbons (Fsp3) is 0.200. The van der Waals surface area contributed by atoms with Crippen LogP contribution in [0.2, 0.25) is 0 Å². The molecule has 0 atom stereocenters. The summed E-state index contributed by atoms with van der Waals surface area (Å²) < 4.78 is 1.13. The Labute approximate surface area is 125 Å². The second-order valence-electron chi connectivity index (χ2n) is 3.57. The lowest BCUT2D eigenvalue weighted by molar-refractivity contribution is 0.0946. The van der Waals surface area contributed by atoms with E-state index in [1.54, 1.807) is 11.3 Å². The van der Waals surface area contributed by atoms with Gasteiger partial charge in [0.1, 0.15) is 0 Å². The summed E-state index contributed by atoms with van der Waals surface area (Å²) in [6, 6.07) is 3.93. The minimum absolute atomic E-state index is 0.0879. The molecular formula is C10H9BrN4O2S2. The van der Waals surface area contributed by atoms with E-state index in [0.29, 0.717) is 13.0 Å². The molecule has 0 aliphatic carbocycles. The smallest absolute Gasteiger partial charge is 0.283 e. The number of amides is 1. The number of aromatic amines is 2. The number of halogens is 1. The Morgan fingerprint density at radius 1 is 1.53 bits per heavy atom. The second-order valence-corrected chi connectivity index (χ2v) is 6.52. The van der Waals surface area contributed by atoms with Crippen LogP contribution in [-0.2, 0) is 6.42 Å². The van der Waals surface area contributed by atoms with Crippen LogP contribution in [0.25, 0.3) is 0 Å². The molecule has 1 amide bonds. The highest BCUT2D eigenvalue weighted by molar-refractivity contribution is 9.11. The summed E-state index contributed by atoms with van der Waals surface area (Å²) in [7, 11) is 0. The standard InChI is InChI=1S/C10H9BrN4O2S2/c11-6-2-1-5(19-6)3-4-12-8(16)7-9(17)13-10(18)15-14-7/h1-2H,3-4H2,(H,12,16)(H2,13,15,17,18). The van der Waals surface area contributed by atoms with Crippen LogP contribution in [0.1, 0.15) is 15.4 Å². The number of nitrogens with zero attached hydrogens (tertiary/aromatic N) is 1. The highest BCUT2D eigenvalue weighted by atomic mass is 79.9. The molecule has 2 rings (SSSR count). The van der Waals surface area contributed by atoms with E-state index in [1.165, 1.54) is 0 Å². The molecule has 6 nitrogen and oxygen atoms in total. The van der Waals surface area contributed by atoms with Crippen molar-refractivity contribution in [1.29, 1.82) is 0 Å². The molecular weight excluding hydrogens is 352 g/mol. The van der Waals surface area contributed by atoms with Gasteiger partial charge in [-0.15, -0.1) is 11.3 Å². The zero-order chi connectivity index (χ0) is 13.8. The van der Waals surface area contributed by atoms with Crippen LogP contribution in [0.15, 0.2) is 20.7 Å². The van der Waals surface area contributed by atoms with Crippen molar-refractivity contribution in [2.45, 2.75) is 6.42 Å². The lowest BCUT2D eigenvalue weighted by Crippen LogP contribution is -2.32. The quantitative estimate of drug-likeness (QED) is 0.722. The molecule has 2 aromatic rings. The molecule has 0 aromatic carbocycles. The van der Waals surface area contributed by atoms with Crippen molar-refractivity contribution >= 4 is 45.4 Å². The number of H-pyrrole nitrogens is 2. The van der Waals surface area contributed by atoms with Gasteiger partial charge in [0.2, 0.25) is 5.69 Å². The maximum atomic E-state index is 11.7. The Bertz CT molecular complexity index is 706. The number of hydrogen-bond donors (Lipinski definition) is 3. The number of carbonyl (C=O) groups excluding carboxylic acids is 1. The van der Waals surface area contributed by atoms with Gasteiger partial charge < -0.3 is 5.32 Å². The summed E-state index contributed by atoms with van der Waals surface area (Å²) in [5.74, 6) is -0.525. The zero-order valence-corrected chi connectivity index (χ0v) is 12.7. The average Bonchev–Trinajstić information content (AvgIpc) is 2.75. The SMILES string of the molecule is O=C(NCCc1ccc(Br)s1)c1n[nH]c(=S)[nH]c1=O. The fourth-order valence-electron chi connectivity index (χ4n) is 1.37. The number of aromatic nitrogens is 3. The number of carbonyl (C=O) groups is 1. The van der Waals surface area contributed by atoms with Gasteiger partial charge in [-0.05, 0) is 46.7 Å². The highest BCUT2D eigenvalue weighted by Crippen LogP contribution is 2.21. The fourth-order valence-corrected chi connectivity index (χ4v) is 2.99. The molecule has 0 aliphatic heterocycles. The third-order valence-corrected chi connectivity index (χ3v) is 4.09. The highest BCUT2D eigenvalue weighted by Gasteiger charge is 2.11. The van der Waals surface area contributed by atoms with Crippen LogP contribution in [0.5, 0.6) is 0 Å². The molecule has 2 heterocycles. The van der Waals surface area contributed by atoms with E-state index in [0.717, 1.165) is 8.66 Å². The van der Waals surface area contributed by atoms with E-state index in [2.05, 4.69) is 36.4 Å². The topological polar surface area (TPSA) is 90.6 Å². The first kappa shape index (κ1) is 14.1. The summed E-state index contributed by atoms with van der Waals surface area (Å²) in [5, 5.41) is 8.63. The van der Waals surface area contributed by atoms with Crippen LogP contribution in [0, 0.1) is 4.77 Å². The molecule has 0 unspecified atom stereocenters. The number of nitrogens with one attached hydrogen (secondary N) is 3. The van der Waals surface area contributed by atoms with Crippen molar-refractivity contribution < 1.29 is 4.79 Å². The van der Waals surface area contributed by atoms with E-state index >= 15 is 0 Å². The van der Waals surface area contributed by atoms with Crippen LogP contribution < -0.4 is 10.9 Å². The molecule has 0 spiro atoms. The molecule has 0 saturated carbocycles. The Morgan fingerprint density at radius 2 is 2.32 bits per heavy atom. The normalized spacial score (nSPS) is 10.4. The Hall–Kier alpha value is -1.32. The van der Waals surface area contributed by atoms with Crippen LogP contribution in [-0.4, -0.2) is 27.6 Å².